The Labute approximate surface area is 97.9 Å². The minimum Gasteiger partial charge on any atom is -0.314 e. The average Bonchev–Trinajstić information content (AvgIpc) is 2.26. The van der Waals surface area contributed by atoms with E-state index in [2.05, 4.69) is 42.0 Å². The predicted molar refractivity (Wildman–Crippen MR) is 66.3 cm³/mol. The van der Waals surface area contributed by atoms with Gasteiger partial charge in [-0.25, -0.2) is 0 Å². The van der Waals surface area contributed by atoms with Crippen molar-refractivity contribution in [3.8, 4) is 0 Å². The largest absolute Gasteiger partial charge is 0.314 e. The Morgan fingerprint density at radius 1 is 1.38 bits per heavy atom. The molecule has 2 rings (SSSR count). The molecule has 0 saturated carbocycles. The molecule has 0 radical (unpaired) electrons. The Balaban J connectivity index is 2.11. The van der Waals surface area contributed by atoms with Gasteiger partial charge in [-0.1, -0.05) is 0 Å². The number of pyridine rings is 1. The van der Waals surface area contributed by atoms with Gasteiger partial charge >= 0.3 is 0 Å². The zero-order valence-electron chi connectivity index (χ0n) is 10.4. The highest BCUT2D eigenvalue weighted by Crippen LogP contribution is 2.16. The van der Waals surface area contributed by atoms with Crippen LogP contribution >= 0.6 is 0 Å². The van der Waals surface area contributed by atoms with E-state index in [9.17, 15) is 0 Å². The third-order valence-corrected chi connectivity index (χ3v) is 3.51. The van der Waals surface area contributed by atoms with Crippen LogP contribution in [0.3, 0.4) is 0 Å². The lowest BCUT2D eigenvalue weighted by molar-refractivity contribution is 0.108. The highest BCUT2D eigenvalue weighted by atomic mass is 15.2. The third-order valence-electron chi connectivity index (χ3n) is 3.51. The molecule has 0 bridgehead atoms. The Morgan fingerprint density at radius 3 is 2.69 bits per heavy atom. The van der Waals surface area contributed by atoms with E-state index in [0.717, 1.165) is 19.6 Å². The second kappa shape index (κ2) is 4.93. The Bertz CT molecular complexity index is 341. The molecule has 1 saturated heterocycles. The van der Waals surface area contributed by atoms with Gasteiger partial charge in [-0.2, -0.15) is 0 Å². The molecule has 2 atom stereocenters. The van der Waals surface area contributed by atoms with E-state index in [1.165, 1.54) is 11.1 Å². The van der Waals surface area contributed by atoms with Gasteiger partial charge in [0.05, 0.1) is 0 Å². The number of hydrogen-bond acceptors (Lipinski definition) is 3. The topological polar surface area (TPSA) is 28.2 Å². The minimum absolute atomic E-state index is 0.600. The fraction of sp³-hybridized carbons (Fsp3) is 0.615. The monoisotopic (exact) mass is 219 g/mol. The molecule has 3 heteroatoms. The molecule has 0 amide bonds. The van der Waals surface area contributed by atoms with Gasteiger partial charge in [0.25, 0.3) is 0 Å². The van der Waals surface area contributed by atoms with Crippen LogP contribution in [0, 0.1) is 6.92 Å². The zero-order valence-corrected chi connectivity index (χ0v) is 10.4. The fourth-order valence-corrected chi connectivity index (χ4v) is 2.34. The fourth-order valence-electron chi connectivity index (χ4n) is 2.34. The molecule has 0 unspecified atom stereocenters. The van der Waals surface area contributed by atoms with Gasteiger partial charge in [0, 0.05) is 44.1 Å². The van der Waals surface area contributed by atoms with E-state index >= 15 is 0 Å². The molecule has 88 valence electrons. The van der Waals surface area contributed by atoms with Crippen LogP contribution in [0.5, 0.6) is 0 Å². The van der Waals surface area contributed by atoms with Gasteiger partial charge in [-0.05, 0) is 38.0 Å². The summed E-state index contributed by atoms with van der Waals surface area (Å²) >= 11 is 0. The molecule has 1 aliphatic rings. The summed E-state index contributed by atoms with van der Waals surface area (Å²) in [5.74, 6) is 0. The molecular formula is C13H21N3. The number of rotatable bonds is 2. The number of aryl methyl sites for hydroxylation is 1. The quantitative estimate of drug-likeness (QED) is 0.818. The lowest BCUT2D eigenvalue weighted by Crippen LogP contribution is -2.54. The zero-order chi connectivity index (χ0) is 11.5. The summed E-state index contributed by atoms with van der Waals surface area (Å²) in [5, 5.41) is 3.46. The Morgan fingerprint density at radius 2 is 2.06 bits per heavy atom. The van der Waals surface area contributed by atoms with E-state index in [4.69, 9.17) is 0 Å². The highest BCUT2D eigenvalue weighted by molar-refractivity contribution is 5.21. The van der Waals surface area contributed by atoms with Crippen molar-refractivity contribution in [3.05, 3.63) is 29.6 Å². The highest BCUT2D eigenvalue weighted by Gasteiger charge is 2.24. The summed E-state index contributed by atoms with van der Waals surface area (Å²) in [5.41, 5.74) is 2.69. The van der Waals surface area contributed by atoms with Crippen LogP contribution in [-0.4, -0.2) is 35.1 Å². The normalized spacial score (nSPS) is 26.9. The second-order valence-electron chi connectivity index (χ2n) is 4.83. The SMILES string of the molecule is Cc1ccncc1CN1[C@H](C)CNC[C@@H]1C. The molecule has 1 aromatic rings. The first kappa shape index (κ1) is 11.6. The van der Waals surface area contributed by atoms with Crippen LogP contribution in [-0.2, 0) is 6.54 Å². The van der Waals surface area contributed by atoms with Crippen molar-refractivity contribution in [1.29, 1.82) is 0 Å². The van der Waals surface area contributed by atoms with Crippen LogP contribution in [0.1, 0.15) is 25.0 Å². The standard InChI is InChI=1S/C13H21N3/c1-10-4-5-14-8-13(10)9-16-11(2)6-15-7-12(16)3/h4-5,8,11-12,15H,6-7,9H2,1-3H3/t11-,12+. The van der Waals surface area contributed by atoms with Crippen molar-refractivity contribution in [2.75, 3.05) is 13.1 Å². The van der Waals surface area contributed by atoms with E-state index in [1.807, 2.05) is 12.4 Å². The lowest BCUT2D eigenvalue weighted by atomic mass is 10.1. The van der Waals surface area contributed by atoms with E-state index < -0.39 is 0 Å². The number of hydrogen-bond donors (Lipinski definition) is 1. The molecule has 0 spiro atoms. The molecular weight excluding hydrogens is 198 g/mol. The van der Waals surface area contributed by atoms with Crippen LogP contribution in [0.15, 0.2) is 18.5 Å². The summed E-state index contributed by atoms with van der Waals surface area (Å²) in [6.45, 7) is 9.92. The van der Waals surface area contributed by atoms with Crippen LogP contribution < -0.4 is 5.32 Å². The maximum Gasteiger partial charge on any atom is 0.0315 e. The minimum atomic E-state index is 0.600. The summed E-state index contributed by atoms with van der Waals surface area (Å²) < 4.78 is 0. The van der Waals surface area contributed by atoms with Gasteiger partial charge in [-0.3, -0.25) is 9.88 Å². The number of aromatic nitrogens is 1. The van der Waals surface area contributed by atoms with Crippen molar-refractivity contribution in [2.24, 2.45) is 0 Å². The van der Waals surface area contributed by atoms with Crippen molar-refractivity contribution in [2.45, 2.75) is 39.4 Å². The van der Waals surface area contributed by atoms with Gasteiger partial charge in [0.15, 0.2) is 0 Å². The molecule has 1 fully saturated rings. The van der Waals surface area contributed by atoms with Gasteiger partial charge in [0.1, 0.15) is 0 Å². The third kappa shape index (κ3) is 2.42. The molecule has 3 nitrogen and oxygen atoms in total. The smallest absolute Gasteiger partial charge is 0.0315 e. The summed E-state index contributed by atoms with van der Waals surface area (Å²) in [6, 6.07) is 3.29. The summed E-state index contributed by atoms with van der Waals surface area (Å²) in [4.78, 5) is 6.77. The molecule has 1 aliphatic heterocycles. The molecule has 2 heterocycles. The molecule has 16 heavy (non-hydrogen) atoms. The van der Waals surface area contributed by atoms with Crippen LogP contribution in [0.4, 0.5) is 0 Å². The molecule has 0 aliphatic carbocycles. The number of nitrogens with one attached hydrogen (secondary N) is 1. The van der Waals surface area contributed by atoms with Crippen molar-refractivity contribution in [3.63, 3.8) is 0 Å². The molecule has 1 N–H and O–H groups in total. The van der Waals surface area contributed by atoms with Crippen molar-refractivity contribution < 1.29 is 0 Å². The second-order valence-corrected chi connectivity index (χ2v) is 4.83. The maximum absolute atomic E-state index is 4.22. The first-order valence-electron chi connectivity index (χ1n) is 6.04. The Kier molecular flexibility index (Phi) is 3.56. The predicted octanol–water partition coefficient (Wildman–Crippen LogP) is 1.57. The van der Waals surface area contributed by atoms with Crippen molar-refractivity contribution >= 4 is 0 Å². The maximum atomic E-state index is 4.22. The van der Waals surface area contributed by atoms with E-state index in [0.29, 0.717) is 12.1 Å². The average molecular weight is 219 g/mol. The van der Waals surface area contributed by atoms with Crippen LogP contribution in [0.2, 0.25) is 0 Å². The summed E-state index contributed by atoms with van der Waals surface area (Å²) in [7, 11) is 0. The number of nitrogens with zero attached hydrogens (tertiary/aromatic N) is 2. The first-order chi connectivity index (χ1) is 7.68. The van der Waals surface area contributed by atoms with E-state index in [-0.39, 0.29) is 0 Å². The van der Waals surface area contributed by atoms with E-state index in [1.54, 1.807) is 0 Å². The van der Waals surface area contributed by atoms with Crippen molar-refractivity contribution in [1.82, 2.24) is 15.2 Å². The van der Waals surface area contributed by atoms with Crippen LogP contribution in [0.25, 0.3) is 0 Å². The molecule has 0 aromatic carbocycles. The van der Waals surface area contributed by atoms with Gasteiger partial charge < -0.3 is 5.32 Å². The number of piperazine rings is 1. The molecule has 1 aromatic heterocycles. The van der Waals surface area contributed by atoms with Gasteiger partial charge in [0.2, 0.25) is 0 Å². The summed E-state index contributed by atoms with van der Waals surface area (Å²) in [6.07, 6.45) is 3.86. The lowest BCUT2D eigenvalue weighted by Gasteiger charge is -2.39. The van der Waals surface area contributed by atoms with Gasteiger partial charge in [-0.15, -0.1) is 0 Å². The first-order valence-corrected chi connectivity index (χ1v) is 6.04. The Hall–Kier alpha value is -0.930.